The van der Waals surface area contributed by atoms with Crippen molar-refractivity contribution in [1.82, 2.24) is 10.2 Å². The summed E-state index contributed by atoms with van der Waals surface area (Å²) < 4.78 is 11.2. The quantitative estimate of drug-likeness (QED) is 0.539. The fourth-order valence-electron chi connectivity index (χ4n) is 5.26. The van der Waals surface area contributed by atoms with E-state index in [1.165, 1.54) is 5.56 Å². The van der Waals surface area contributed by atoms with Gasteiger partial charge in [-0.25, -0.2) is 4.79 Å². The summed E-state index contributed by atoms with van der Waals surface area (Å²) in [6.45, 7) is 4.40. The number of fused-ring (bicyclic) bond motifs is 2. The lowest BCUT2D eigenvalue weighted by Gasteiger charge is -2.28. The number of carbonyl (C=O) groups excluding carboxylic acids is 2. The normalized spacial score (nSPS) is 21.9. The summed E-state index contributed by atoms with van der Waals surface area (Å²) in [6, 6.07) is 15.5. The molecule has 7 nitrogen and oxygen atoms in total. The number of aryl methyl sites for hydroxylation is 1. The Bertz CT molecular complexity index is 1290. The second-order valence-electron chi connectivity index (χ2n) is 9.39. The molecule has 3 atom stereocenters. The average Bonchev–Trinajstić information content (AvgIpc) is 3.30. The van der Waals surface area contributed by atoms with E-state index in [1.807, 2.05) is 34.5 Å². The fraction of sp³-hybridized carbons (Fsp3) is 0.333. The summed E-state index contributed by atoms with van der Waals surface area (Å²) in [4.78, 5) is 29.2. The lowest BCUT2D eigenvalue weighted by Crippen LogP contribution is -2.46. The van der Waals surface area contributed by atoms with Gasteiger partial charge in [0, 0.05) is 24.5 Å². The molecule has 2 amide bonds. The topological polar surface area (TPSA) is 79.9 Å². The van der Waals surface area contributed by atoms with Gasteiger partial charge in [-0.1, -0.05) is 35.9 Å². The Hall–Kier alpha value is -3.52. The van der Waals surface area contributed by atoms with Crippen molar-refractivity contribution < 1.29 is 19.1 Å². The van der Waals surface area contributed by atoms with E-state index in [0.717, 1.165) is 29.0 Å². The summed E-state index contributed by atoms with van der Waals surface area (Å²) in [7, 11) is 0. The van der Waals surface area contributed by atoms with E-state index in [9.17, 15) is 9.59 Å². The Kier molecular flexibility index (Phi) is 5.60. The first-order valence-corrected chi connectivity index (χ1v) is 12.9. The standard InChI is InChI=1S/C27H27N3O4S/c1-16-4-2-5-17(12-16)25-19(8-11-35-25)26(31)30-15-18-13-20(18)21(30)14-29-27(32)34-23-7-3-6-22-24(23)28-9-10-33-22/h2-8,11-12,18,20-21,28H,9-10,13-15H2,1H3,(H,29,32)/t18-,20-,21+/m0/s1. The summed E-state index contributed by atoms with van der Waals surface area (Å²) in [5.41, 5.74) is 3.65. The second-order valence-corrected chi connectivity index (χ2v) is 10.3. The fourth-order valence-corrected chi connectivity index (χ4v) is 6.15. The van der Waals surface area contributed by atoms with Gasteiger partial charge in [0.25, 0.3) is 5.91 Å². The van der Waals surface area contributed by atoms with Crippen LogP contribution in [0.3, 0.4) is 0 Å². The molecule has 1 saturated heterocycles. The van der Waals surface area contributed by atoms with Gasteiger partial charge in [-0.05, 0) is 54.3 Å². The predicted molar refractivity (Wildman–Crippen MR) is 135 cm³/mol. The number of likely N-dealkylation sites (tertiary alicyclic amines) is 1. The number of carbonyl (C=O) groups is 2. The minimum absolute atomic E-state index is 0.0311. The van der Waals surface area contributed by atoms with Crippen molar-refractivity contribution >= 4 is 29.0 Å². The first kappa shape index (κ1) is 22.0. The van der Waals surface area contributed by atoms with Gasteiger partial charge in [0.2, 0.25) is 0 Å². The largest absolute Gasteiger partial charge is 0.489 e. The molecule has 2 fully saturated rings. The highest BCUT2D eigenvalue weighted by Gasteiger charge is 2.54. The molecule has 1 saturated carbocycles. The van der Waals surface area contributed by atoms with Crippen molar-refractivity contribution in [3.63, 3.8) is 0 Å². The lowest BCUT2D eigenvalue weighted by molar-refractivity contribution is 0.0705. The first-order chi connectivity index (χ1) is 17.1. The molecule has 1 aromatic heterocycles. The Morgan fingerprint density at radius 3 is 3.00 bits per heavy atom. The predicted octanol–water partition coefficient (Wildman–Crippen LogP) is 4.78. The Morgan fingerprint density at radius 2 is 2.11 bits per heavy atom. The number of benzene rings is 2. The summed E-state index contributed by atoms with van der Waals surface area (Å²) in [5.74, 6) is 2.10. The average molecular weight is 490 g/mol. The molecule has 2 N–H and O–H groups in total. The maximum atomic E-state index is 13.6. The van der Waals surface area contributed by atoms with E-state index in [-0.39, 0.29) is 11.9 Å². The van der Waals surface area contributed by atoms with Gasteiger partial charge < -0.3 is 25.0 Å². The van der Waals surface area contributed by atoms with Crippen molar-refractivity contribution in [2.45, 2.75) is 19.4 Å². The summed E-state index contributed by atoms with van der Waals surface area (Å²) in [6.07, 6.45) is 0.575. The monoisotopic (exact) mass is 489 g/mol. The van der Waals surface area contributed by atoms with E-state index >= 15 is 0 Å². The van der Waals surface area contributed by atoms with Gasteiger partial charge in [0.15, 0.2) is 5.75 Å². The van der Waals surface area contributed by atoms with Crippen LogP contribution in [0.4, 0.5) is 10.5 Å². The SMILES string of the molecule is Cc1cccc(-c2sccc2C(=O)N2C[C@@H]3C[C@@H]3[C@H]2CNC(=O)Oc2cccc3c2NCCO3)c1. The summed E-state index contributed by atoms with van der Waals surface area (Å²) >= 11 is 1.59. The van der Waals surface area contributed by atoms with E-state index in [4.69, 9.17) is 9.47 Å². The number of anilines is 1. The van der Waals surface area contributed by atoms with Crippen LogP contribution in [0.2, 0.25) is 0 Å². The van der Waals surface area contributed by atoms with Crippen molar-refractivity contribution in [2.24, 2.45) is 11.8 Å². The molecule has 3 aliphatic rings. The van der Waals surface area contributed by atoms with Crippen molar-refractivity contribution in [3.05, 3.63) is 65.0 Å². The number of para-hydroxylation sites is 1. The zero-order chi connectivity index (χ0) is 23.9. The Balaban J connectivity index is 1.14. The molecule has 8 heteroatoms. The Labute approximate surface area is 208 Å². The molecule has 2 aliphatic heterocycles. The van der Waals surface area contributed by atoms with Gasteiger partial charge in [-0.15, -0.1) is 11.3 Å². The van der Waals surface area contributed by atoms with Crippen molar-refractivity contribution in [3.8, 4) is 21.9 Å². The molecule has 0 radical (unpaired) electrons. The number of hydrogen-bond acceptors (Lipinski definition) is 6. The molecule has 35 heavy (non-hydrogen) atoms. The molecule has 2 aromatic carbocycles. The van der Waals surface area contributed by atoms with Gasteiger partial charge in [0.1, 0.15) is 18.0 Å². The zero-order valence-electron chi connectivity index (χ0n) is 19.5. The number of nitrogens with zero attached hydrogens (tertiary/aromatic N) is 1. The lowest BCUT2D eigenvalue weighted by atomic mass is 10.1. The van der Waals surface area contributed by atoms with E-state index in [0.29, 0.717) is 48.7 Å². The van der Waals surface area contributed by atoms with Crippen LogP contribution < -0.4 is 20.1 Å². The molecular formula is C27H27N3O4S. The van der Waals surface area contributed by atoms with Crippen LogP contribution in [0.25, 0.3) is 10.4 Å². The highest BCUT2D eigenvalue weighted by molar-refractivity contribution is 7.14. The maximum absolute atomic E-state index is 13.6. The number of piperidine rings is 1. The van der Waals surface area contributed by atoms with E-state index < -0.39 is 6.09 Å². The first-order valence-electron chi connectivity index (χ1n) is 12.0. The molecule has 0 spiro atoms. The summed E-state index contributed by atoms with van der Waals surface area (Å²) in [5, 5.41) is 8.10. The van der Waals surface area contributed by atoms with E-state index in [2.05, 4.69) is 29.7 Å². The number of rotatable bonds is 5. The van der Waals surface area contributed by atoms with Crippen LogP contribution in [0.15, 0.2) is 53.9 Å². The zero-order valence-corrected chi connectivity index (χ0v) is 20.3. The molecule has 3 aromatic rings. The van der Waals surface area contributed by atoms with Gasteiger partial charge in [-0.2, -0.15) is 0 Å². The molecule has 0 unspecified atom stereocenters. The van der Waals surface area contributed by atoms with Gasteiger partial charge >= 0.3 is 6.09 Å². The third kappa shape index (κ3) is 4.23. The van der Waals surface area contributed by atoms with Crippen LogP contribution >= 0.6 is 11.3 Å². The second kappa shape index (κ2) is 8.92. The third-order valence-electron chi connectivity index (χ3n) is 7.05. The maximum Gasteiger partial charge on any atom is 0.412 e. The number of ether oxygens (including phenoxy) is 2. The molecule has 1 aliphatic carbocycles. The Morgan fingerprint density at radius 1 is 1.23 bits per heavy atom. The van der Waals surface area contributed by atoms with E-state index in [1.54, 1.807) is 23.5 Å². The third-order valence-corrected chi connectivity index (χ3v) is 8.01. The van der Waals surface area contributed by atoms with Crippen LogP contribution in [0, 0.1) is 18.8 Å². The number of amides is 2. The molecule has 0 bridgehead atoms. The number of nitrogens with one attached hydrogen (secondary N) is 2. The minimum Gasteiger partial charge on any atom is -0.489 e. The highest BCUT2D eigenvalue weighted by Crippen LogP contribution is 2.50. The molecule has 180 valence electrons. The smallest absolute Gasteiger partial charge is 0.412 e. The van der Waals surface area contributed by atoms with Crippen molar-refractivity contribution in [2.75, 3.05) is 31.6 Å². The highest BCUT2D eigenvalue weighted by atomic mass is 32.1. The number of hydrogen-bond donors (Lipinski definition) is 2. The van der Waals surface area contributed by atoms with Gasteiger partial charge in [-0.3, -0.25) is 4.79 Å². The number of thiophene rings is 1. The van der Waals surface area contributed by atoms with Crippen LogP contribution in [0.1, 0.15) is 22.3 Å². The minimum atomic E-state index is -0.529. The molecular weight excluding hydrogens is 462 g/mol. The molecule has 6 rings (SSSR count). The van der Waals surface area contributed by atoms with Gasteiger partial charge in [0.05, 0.1) is 11.6 Å². The van der Waals surface area contributed by atoms with Crippen LogP contribution in [-0.4, -0.2) is 49.2 Å². The van der Waals surface area contributed by atoms with Crippen LogP contribution in [-0.2, 0) is 0 Å². The van der Waals surface area contributed by atoms with Crippen LogP contribution in [0.5, 0.6) is 11.5 Å². The molecule has 3 heterocycles. The van der Waals surface area contributed by atoms with Crippen molar-refractivity contribution in [1.29, 1.82) is 0 Å².